The van der Waals surface area contributed by atoms with Crippen molar-refractivity contribution in [2.24, 2.45) is 0 Å². The van der Waals surface area contributed by atoms with Gasteiger partial charge in [-0.15, -0.1) is 0 Å². The molecule has 35 heavy (non-hydrogen) atoms. The number of benzene rings is 1. The average Bonchev–Trinajstić information content (AvgIpc) is 3.27. The number of piperidine rings is 2. The van der Waals surface area contributed by atoms with Gasteiger partial charge in [-0.05, 0) is 90.1 Å². The van der Waals surface area contributed by atoms with Gasteiger partial charge in [0.1, 0.15) is 6.61 Å². The molecule has 1 aromatic carbocycles. The second-order valence-electron chi connectivity index (χ2n) is 10.8. The Morgan fingerprint density at radius 1 is 1.00 bits per heavy atom. The van der Waals surface area contributed by atoms with Gasteiger partial charge in [-0.2, -0.15) is 0 Å². The number of carbonyl (C=O) groups is 1. The summed E-state index contributed by atoms with van der Waals surface area (Å²) in [7, 11) is -3.80. The van der Waals surface area contributed by atoms with E-state index in [1.165, 1.54) is 19.3 Å². The van der Waals surface area contributed by atoms with Crippen LogP contribution in [0.1, 0.15) is 68.1 Å². The normalized spacial score (nSPS) is 25.1. The van der Waals surface area contributed by atoms with Crippen LogP contribution in [-0.4, -0.2) is 81.0 Å². The molecule has 3 aliphatic heterocycles. The highest BCUT2D eigenvalue weighted by Gasteiger charge is 2.39. The van der Waals surface area contributed by atoms with E-state index in [9.17, 15) is 13.2 Å². The van der Waals surface area contributed by atoms with Gasteiger partial charge < -0.3 is 19.9 Å². The van der Waals surface area contributed by atoms with Gasteiger partial charge in [-0.1, -0.05) is 30.5 Å². The molecule has 0 bridgehead atoms. The molecule has 3 saturated heterocycles. The van der Waals surface area contributed by atoms with Gasteiger partial charge in [0, 0.05) is 25.2 Å². The molecule has 0 radical (unpaired) electrons. The molecular formula is C27H43N3O4S. The lowest BCUT2D eigenvalue weighted by molar-refractivity contribution is -0.138. The van der Waals surface area contributed by atoms with E-state index in [4.69, 9.17) is 4.74 Å². The lowest BCUT2D eigenvalue weighted by Crippen LogP contribution is -2.50. The van der Waals surface area contributed by atoms with E-state index in [0.29, 0.717) is 4.90 Å². The summed E-state index contributed by atoms with van der Waals surface area (Å²) in [6.45, 7) is 10.1. The number of amides is 1. The topological polar surface area (TPSA) is 79.0 Å². The zero-order chi connectivity index (χ0) is 25.0. The Bertz CT molecular complexity index is 961. The molecule has 3 aliphatic rings. The molecule has 8 heteroatoms. The first-order chi connectivity index (χ1) is 16.8. The largest absolute Gasteiger partial charge is 0.350 e. The third-order valence-electron chi connectivity index (χ3n) is 7.86. The maximum absolute atomic E-state index is 13.9. The van der Waals surface area contributed by atoms with Crippen molar-refractivity contribution in [3.05, 3.63) is 28.8 Å². The number of hydrogen-bond donors (Lipinski definition) is 1. The number of aryl methyl sites for hydroxylation is 3. The summed E-state index contributed by atoms with van der Waals surface area (Å²) in [6.07, 6.45) is 8.47. The predicted molar refractivity (Wildman–Crippen MR) is 138 cm³/mol. The van der Waals surface area contributed by atoms with Gasteiger partial charge in [-0.25, -0.2) is 8.42 Å². The van der Waals surface area contributed by atoms with Crippen molar-refractivity contribution in [3.8, 4) is 0 Å². The first kappa shape index (κ1) is 26.6. The summed E-state index contributed by atoms with van der Waals surface area (Å²) in [5.41, 5.74) is 1.44. The number of rotatable bonds is 8. The van der Waals surface area contributed by atoms with Crippen LogP contribution in [0.5, 0.6) is 0 Å². The van der Waals surface area contributed by atoms with Crippen molar-refractivity contribution < 1.29 is 17.9 Å². The van der Waals surface area contributed by atoms with Crippen LogP contribution in [0.2, 0.25) is 0 Å². The van der Waals surface area contributed by atoms with Crippen LogP contribution in [0.4, 0.5) is 0 Å². The van der Waals surface area contributed by atoms with E-state index in [1.807, 2.05) is 37.8 Å². The summed E-state index contributed by atoms with van der Waals surface area (Å²) < 4.78 is 34.0. The maximum atomic E-state index is 13.9. The molecule has 0 spiro atoms. The van der Waals surface area contributed by atoms with Crippen LogP contribution in [-0.2, 0) is 19.4 Å². The third-order valence-corrected chi connectivity index (χ3v) is 10.1. The summed E-state index contributed by atoms with van der Waals surface area (Å²) in [5, 5.41) is 3.37. The minimum Gasteiger partial charge on any atom is -0.350 e. The lowest BCUT2D eigenvalue weighted by Gasteiger charge is -2.34. The Morgan fingerprint density at radius 3 is 2.37 bits per heavy atom. The van der Waals surface area contributed by atoms with E-state index < -0.39 is 15.3 Å². The van der Waals surface area contributed by atoms with Crippen LogP contribution in [0.25, 0.3) is 0 Å². The first-order valence-electron chi connectivity index (χ1n) is 13.5. The smallest absolute Gasteiger partial charge is 0.248 e. The van der Waals surface area contributed by atoms with E-state index in [0.717, 1.165) is 81.5 Å². The molecule has 0 saturated carbocycles. The third kappa shape index (κ3) is 6.27. The zero-order valence-electron chi connectivity index (χ0n) is 21.7. The average molecular weight is 506 g/mol. The Balaban J connectivity index is 1.49. The van der Waals surface area contributed by atoms with Gasteiger partial charge in [0.15, 0.2) is 5.44 Å². The van der Waals surface area contributed by atoms with Gasteiger partial charge in [-0.3, -0.25) is 4.79 Å². The Morgan fingerprint density at radius 2 is 1.71 bits per heavy atom. The van der Waals surface area contributed by atoms with E-state index >= 15 is 0 Å². The summed E-state index contributed by atoms with van der Waals surface area (Å²) >= 11 is 0. The minimum absolute atomic E-state index is 0.0853. The highest BCUT2D eigenvalue weighted by molar-refractivity contribution is 7.92. The minimum atomic E-state index is -3.80. The number of carbonyl (C=O) groups excluding carboxylic acids is 1. The molecule has 3 unspecified atom stereocenters. The van der Waals surface area contributed by atoms with Crippen LogP contribution >= 0.6 is 0 Å². The first-order valence-corrected chi connectivity index (χ1v) is 15.0. The number of hydrogen-bond acceptors (Lipinski definition) is 6. The molecule has 0 aliphatic carbocycles. The van der Waals surface area contributed by atoms with Crippen LogP contribution < -0.4 is 5.32 Å². The molecule has 1 aromatic rings. The second-order valence-corrected chi connectivity index (χ2v) is 12.7. The lowest BCUT2D eigenvalue weighted by atomic mass is 10.1. The fourth-order valence-electron chi connectivity index (χ4n) is 6.29. The van der Waals surface area contributed by atoms with Crippen LogP contribution in [0.15, 0.2) is 17.0 Å². The fourth-order valence-corrected chi connectivity index (χ4v) is 8.45. The summed E-state index contributed by atoms with van der Waals surface area (Å²) in [5.74, 6) is -0.0853. The molecule has 0 aromatic heterocycles. The molecule has 4 rings (SSSR count). The molecule has 3 fully saturated rings. The molecule has 7 nitrogen and oxygen atoms in total. The number of sulfone groups is 1. The fraction of sp³-hybridized carbons (Fsp3) is 0.741. The van der Waals surface area contributed by atoms with Crippen molar-refractivity contribution >= 4 is 15.7 Å². The van der Waals surface area contributed by atoms with Crippen molar-refractivity contribution in [2.45, 2.75) is 94.6 Å². The highest BCUT2D eigenvalue weighted by atomic mass is 32.2. The standard InChI is InChI=1S/C27H43N3O4S/c1-20-16-21(2)26(22(3)17-20)35(32,33)27(24-11-5-6-12-28-24)34-19-25(31)30-15-9-10-23(30)18-29-13-7-4-8-14-29/h16-17,23-24,27-28H,4-15,18-19H2,1-3H3. The number of nitrogens with one attached hydrogen (secondary N) is 1. The molecule has 3 atom stereocenters. The van der Waals surface area contributed by atoms with Crippen molar-refractivity contribution in [1.29, 1.82) is 0 Å². The van der Waals surface area contributed by atoms with Crippen molar-refractivity contribution in [3.63, 3.8) is 0 Å². The van der Waals surface area contributed by atoms with Crippen molar-refractivity contribution in [2.75, 3.05) is 39.3 Å². The second kappa shape index (κ2) is 11.7. The molecule has 1 amide bonds. The number of likely N-dealkylation sites (tertiary alicyclic amines) is 2. The quantitative estimate of drug-likeness (QED) is 0.584. The Hall–Kier alpha value is -1.48. The highest BCUT2D eigenvalue weighted by Crippen LogP contribution is 2.30. The molecule has 1 N–H and O–H groups in total. The van der Waals surface area contributed by atoms with Gasteiger partial charge in [0.2, 0.25) is 15.7 Å². The van der Waals surface area contributed by atoms with Gasteiger partial charge in [0.25, 0.3) is 0 Å². The predicted octanol–water partition coefficient (Wildman–Crippen LogP) is 3.35. The van der Waals surface area contributed by atoms with E-state index in [2.05, 4.69) is 10.2 Å². The van der Waals surface area contributed by atoms with E-state index in [1.54, 1.807) is 0 Å². The maximum Gasteiger partial charge on any atom is 0.248 e. The zero-order valence-corrected chi connectivity index (χ0v) is 22.5. The monoisotopic (exact) mass is 505 g/mol. The van der Waals surface area contributed by atoms with Crippen molar-refractivity contribution in [1.82, 2.24) is 15.1 Å². The van der Waals surface area contributed by atoms with Gasteiger partial charge >= 0.3 is 0 Å². The summed E-state index contributed by atoms with van der Waals surface area (Å²) in [6, 6.07) is 3.70. The van der Waals surface area contributed by atoms with Crippen LogP contribution in [0, 0.1) is 20.8 Å². The Labute approximate surface area is 211 Å². The molecule has 3 heterocycles. The molecular weight excluding hydrogens is 462 g/mol. The van der Waals surface area contributed by atoms with Gasteiger partial charge in [0.05, 0.1) is 4.90 Å². The Kier molecular flexibility index (Phi) is 8.90. The SMILES string of the molecule is Cc1cc(C)c(S(=O)(=O)C(OCC(=O)N2CCCC2CN2CCCCC2)C2CCCCN2)c(C)c1. The number of ether oxygens (including phenoxy) is 1. The molecule has 196 valence electrons. The number of nitrogens with zero attached hydrogens (tertiary/aromatic N) is 2. The van der Waals surface area contributed by atoms with Crippen LogP contribution in [0.3, 0.4) is 0 Å². The van der Waals surface area contributed by atoms with E-state index in [-0.39, 0.29) is 24.6 Å². The summed E-state index contributed by atoms with van der Waals surface area (Å²) in [4.78, 5) is 18.1.